The second kappa shape index (κ2) is 5.11. The fourth-order valence-corrected chi connectivity index (χ4v) is 1.39. The van der Waals surface area contributed by atoms with Gasteiger partial charge in [0.25, 0.3) is 0 Å². The van der Waals surface area contributed by atoms with E-state index in [1.165, 1.54) is 6.08 Å². The first-order chi connectivity index (χ1) is 7.56. The van der Waals surface area contributed by atoms with Gasteiger partial charge in [-0.2, -0.15) is 0 Å². The van der Waals surface area contributed by atoms with Crippen LogP contribution in [0.2, 0.25) is 0 Å². The molecule has 0 aliphatic carbocycles. The summed E-state index contributed by atoms with van der Waals surface area (Å²) in [6, 6.07) is 4.95. The van der Waals surface area contributed by atoms with Crippen LogP contribution in [0.15, 0.2) is 30.9 Å². The average Bonchev–Trinajstić information content (AvgIpc) is 2.17. The molecule has 1 rings (SSSR count). The van der Waals surface area contributed by atoms with E-state index in [-0.39, 0.29) is 17.9 Å². The van der Waals surface area contributed by atoms with Crippen LogP contribution in [-0.2, 0) is 4.79 Å². The maximum Gasteiger partial charge on any atom is 0.338 e. The number of aryl methyl sites for hydroxylation is 1. The van der Waals surface area contributed by atoms with Crippen molar-refractivity contribution in [2.45, 2.75) is 13.3 Å². The van der Waals surface area contributed by atoms with Crippen molar-refractivity contribution in [3.63, 3.8) is 0 Å². The maximum atomic E-state index is 11.3. The summed E-state index contributed by atoms with van der Waals surface area (Å²) in [5.41, 5.74) is 1.06. The number of anilines is 1. The van der Waals surface area contributed by atoms with Crippen LogP contribution in [-0.4, -0.2) is 17.0 Å². The molecule has 0 aliphatic heterocycles. The van der Waals surface area contributed by atoms with Crippen molar-refractivity contribution >= 4 is 17.6 Å². The molecule has 1 amide bonds. The molecule has 0 atom stereocenters. The van der Waals surface area contributed by atoms with Gasteiger partial charge in [-0.1, -0.05) is 18.2 Å². The minimum atomic E-state index is -1.05. The molecule has 4 nitrogen and oxygen atoms in total. The molecule has 4 heteroatoms. The summed E-state index contributed by atoms with van der Waals surface area (Å²) in [4.78, 5) is 22.3. The van der Waals surface area contributed by atoms with Crippen molar-refractivity contribution in [1.82, 2.24) is 0 Å². The molecule has 1 aromatic rings. The van der Waals surface area contributed by atoms with Gasteiger partial charge in [-0.05, 0) is 18.6 Å². The van der Waals surface area contributed by atoms with E-state index in [9.17, 15) is 9.59 Å². The SMILES string of the molecule is C=CCC(=O)Nc1cccc(C)c1C(=O)O. The van der Waals surface area contributed by atoms with Crippen molar-refractivity contribution in [2.75, 3.05) is 5.32 Å². The Morgan fingerprint density at radius 1 is 1.50 bits per heavy atom. The Labute approximate surface area is 93.6 Å². The van der Waals surface area contributed by atoms with Crippen LogP contribution in [0.4, 0.5) is 5.69 Å². The monoisotopic (exact) mass is 219 g/mol. The van der Waals surface area contributed by atoms with Gasteiger partial charge in [0.05, 0.1) is 11.3 Å². The molecule has 16 heavy (non-hydrogen) atoms. The molecule has 0 unspecified atom stereocenters. The summed E-state index contributed by atoms with van der Waals surface area (Å²) >= 11 is 0. The van der Waals surface area contributed by atoms with E-state index in [2.05, 4.69) is 11.9 Å². The number of amides is 1. The van der Waals surface area contributed by atoms with Gasteiger partial charge in [-0.15, -0.1) is 6.58 Å². The lowest BCUT2D eigenvalue weighted by Gasteiger charge is -2.09. The topological polar surface area (TPSA) is 66.4 Å². The predicted octanol–water partition coefficient (Wildman–Crippen LogP) is 2.21. The third-order valence-corrected chi connectivity index (χ3v) is 2.09. The highest BCUT2D eigenvalue weighted by atomic mass is 16.4. The average molecular weight is 219 g/mol. The standard InChI is InChI=1S/C12H13NO3/c1-3-5-10(14)13-9-7-4-6-8(2)11(9)12(15)16/h3-4,6-7H,1,5H2,2H3,(H,13,14)(H,15,16). The van der Waals surface area contributed by atoms with Gasteiger partial charge < -0.3 is 10.4 Å². The van der Waals surface area contributed by atoms with E-state index < -0.39 is 5.97 Å². The number of hydrogen-bond acceptors (Lipinski definition) is 2. The van der Waals surface area contributed by atoms with Crippen LogP contribution in [0.3, 0.4) is 0 Å². The molecular formula is C12H13NO3. The van der Waals surface area contributed by atoms with Crippen molar-refractivity contribution in [3.8, 4) is 0 Å². The molecule has 1 aromatic carbocycles. The van der Waals surface area contributed by atoms with Crippen molar-refractivity contribution < 1.29 is 14.7 Å². The normalized spacial score (nSPS) is 9.56. The van der Waals surface area contributed by atoms with E-state index in [1.807, 2.05) is 0 Å². The molecule has 0 bridgehead atoms. The summed E-state index contributed by atoms with van der Waals surface area (Å²) in [6.07, 6.45) is 1.62. The minimum absolute atomic E-state index is 0.125. The molecular weight excluding hydrogens is 206 g/mol. The highest BCUT2D eigenvalue weighted by molar-refractivity contribution is 6.01. The lowest BCUT2D eigenvalue weighted by atomic mass is 10.1. The Balaban J connectivity index is 3.04. The molecule has 0 radical (unpaired) electrons. The highest BCUT2D eigenvalue weighted by Gasteiger charge is 2.13. The van der Waals surface area contributed by atoms with E-state index in [4.69, 9.17) is 5.11 Å². The number of carbonyl (C=O) groups is 2. The second-order valence-corrected chi connectivity index (χ2v) is 3.34. The number of rotatable bonds is 4. The van der Waals surface area contributed by atoms with Gasteiger partial charge in [-0.3, -0.25) is 4.79 Å². The van der Waals surface area contributed by atoms with Gasteiger partial charge in [0.1, 0.15) is 0 Å². The lowest BCUT2D eigenvalue weighted by Crippen LogP contribution is -2.14. The van der Waals surface area contributed by atoms with E-state index >= 15 is 0 Å². The third-order valence-electron chi connectivity index (χ3n) is 2.09. The van der Waals surface area contributed by atoms with Crippen molar-refractivity contribution in [2.24, 2.45) is 0 Å². The van der Waals surface area contributed by atoms with Gasteiger partial charge in [0, 0.05) is 6.42 Å². The maximum absolute atomic E-state index is 11.3. The number of hydrogen-bond donors (Lipinski definition) is 2. The molecule has 0 saturated heterocycles. The van der Waals surface area contributed by atoms with Crippen LogP contribution in [0.5, 0.6) is 0 Å². The molecule has 0 aliphatic rings. The third kappa shape index (κ3) is 2.70. The lowest BCUT2D eigenvalue weighted by molar-refractivity contribution is -0.115. The molecule has 0 heterocycles. The molecule has 0 fully saturated rings. The first kappa shape index (κ1) is 12.0. The summed E-state index contributed by atoms with van der Waals surface area (Å²) in [7, 11) is 0. The number of benzene rings is 1. The van der Waals surface area contributed by atoms with Gasteiger partial charge in [-0.25, -0.2) is 4.79 Å². The number of carboxylic acid groups (broad SMARTS) is 1. The van der Waals surface area contributed by atoms with Crippen LogP contribution < -0.4 is 5.32 Å². The van der Waals surface area contributed by atoms with Crippen LogP contribution in [0, 0.1) is 6.92 Å². The second-order valence-electron chi connectivity index (χ2n) is 3.34. The zero-order chi connectivity index (χ0) is 12.1. The Kier molecular flexibility index (Phi) is 3.83. The summed E-state index contributed by atoms with van der Waals surface area (Å²) < 4.78 is 0. The zero-order valence-electron chi connectivity index (χ0n) is 8.99. The van der Waals surface area contributed by atoms with Gasteiger partial charge in [0.2, 0.25) is 5.91 Å². The van der Waals surface area contributed by atoms with Gasteiger partial charge >= 0.3 is 5.97 Å². The first-order valence-corrected chi connectivity index (χ1v) is 4.80. The largest absolute Gasteiger partial charge is 0.478 e. The van der Waals surface area contributed by atoms with Gasteiger partial charge in [0.15, 0.2) is 0 Å². The Morgan fingerprint density at radius 2 is 2.19 bits per heavy atom. The molecule has 2 N–H and O–H groups in total. The fourth-order valence-electron chi connectivity index (χ4n) is 1.39. The van der Waals surface area contributed by atoms with Crippen LogP contribution in [0.1, 0.15) is 22.3 Å². The van der Waals surface area contributed by atoms with E-state index in [0.717, 1.165) is 0 Å². The zero-order valence-corrected chi connectivity index (χ0v) is 8.99. The van der Waals surface area contributed by atoms with Crippen molar-refractivity contribution in [1.29, 1.82) is 0 Å². The number of carboxylic acids is 1. The first-order valence-electron chi connectivity index (χ1n) is 4.80. The number of aromatic carboxylic acids is 1. The molecule has 0 aromatic heterocycles. The Hall–Kier alpha value is -2.10. The smallest absolute Gasteiger partial charge is 0.338 e. The number of carbonyl (C=O) groups excluding carboxylic acids is 1. The molecule has 84 valence electrons. The minimum Gasteiger partial charge on any atom is -0.478 e. The predicted molar refractivity (Wildman–Crippen MR) is 61.6 cm³/mol. The van der Waals surface area contributed by atoms with Crippen molar-refractivity contribution in [3.05, 3.63) is 42.0 Å². The van der Waals surface area contributed by atoms with E-state index in [1.54, 1.807) is 25.1 Å². The summed E-state index contributed by atoms with van der Waals surface area (Å²) in [5.74, 6) is -1.32. The highest BCUT2D eigenvalue weighted by Crippen LogP contribution is 2.19. The summed E-state index contributed by atoms with van der Waals surface area (Å²) in [5, 5.41) is 11.6. The van der Waals surface area contributed by atoms with Crippen LogP contribution >= 0.6 is 0 Å². The Bertz CT molecular complexity index is 438. The molecule has 0 saturated carbocycles. The van der Waals surface area contributed by atoms with E-state index in [0.29, 0.717) is 11.3 Å². The Morgan fingerprint density at radius 3 is 2.75 bits per heavy atom. The quantitative estimate of drug-likeness (QED) is 0.763. The summed E-state index contributed by atoms with van der Waals surface area (Å²) in [6.45, 7) is 5.13. The fraction of sp³-hybridized carbons (Fsp3) is 0.167. The molecule has 0 spiro atoms. The number of nitrogens with one attached hydrogen (secondary N) is 1. The van der Waals surface area contributed by atoms with Crippen LogP contribution in [0.25, 0.3) is 0 Å².